The molecule has 3 heterocycles. The summed E-state index contributed by atoms with van der Waals surface area (Å²) in [4.78, 5) is 12.5. The first-order chi connectivity index (χ1) is 18.2. The predicted molar refractivity (Wildman–Crippen MR) is 139 cm³/mol. The van der Waals surface area contributed by atoms with Gasteiger partial charge in [0.25, 0.3) is 0 Å². The van der Waals surface area contributed by atoms with Crippen LogP contribution >= 0.6 is 0 Å². The number of aryl methyl sites for hydroxylation is 1. The van der Waals surface area contributed by atoms with E-state index in [2.05, 4.69) is 29.9 Å². The zero-order valence-electron chi connectivity index (χ0n) is 21.6. The van der Waals surface area contributed by atoms with E-state index in [1.165, 1.54) is 25.7 Å². The van der Waals surface area contributed by atoms with Crippen LogP contribution in [0.5, 0.6) is 11.5 Å². The second-order valence-corrected chi connectivity index (χ2v) is 10.5. The van der Waals surface area contributed by atoms with Crippen molar-refractivity contribution in [3.8, 4) is 28.7 Å². The number of halogens is 1. The van der Waals surface area contributed by atoms with Gasteiger partial charge in [0.05, 0.1) is 31.9 Å². The maximum Gasteiger partial charge on any atom is 0.243 e. The van der Waals surface area contributed by atoms with Gasteiger partial charge in [0.15, 0.2) is 11.6 Å². The number of aromatic nitrogens is 6. The van der Waals surface area contributed by atoms with Gasteiger partial charge < -0.3 is 9.47 Å². The Balaban J connectivity index is 1.84. The smallest absolute Gasteiger partial charge is 0.243 e. The van der Waals surface area contributed by atoms with Crippen molar-refractivity contribution >= 4 is 16.0 Å². The van der Waals surface area contributed by atoms with E-state index in [1.54, 1.807) is 31.2 Å². The standard InChI is InChI=1S/C25H28FN7O4S/c1-6-18-9-7-10-19(29-18)24-30-31-25(33(24)22-20(36-4)11-8-12-21(22)37-5)32-38(34,35)16(3)15(2)23-27-13-17(26)14-28-23/h7-16H,6H2,1-5H3,(H,31,32)/t15-,16-/m0/s1. The number of anilines is 1. The van der Waals surface area contributed by atoms with Crippen molar-refractivity contribution in [1.29, 1.82) is 0 Å². The minimum Gasteiger partial charge on any atom is -0.494 e. The number of benzene rings is 1. The van der Waals surface area contributed by atoms with Crippen molar-refractivity contribution in [1.82, 2.24) is 29.7 Å². The molecule has 0 spiro atoms. The number of rotatable bonds is 10. The summed E-state index contributed by atoms with van der Waals surface area (Å²) in [5.74, 6) is -0.0843. The fourth-order valence-electron chi connectivity index (χ4n) is 3.84. The second-order valence-electron chi connectivity index (χ2n) is 8.46. The van der Waals surface area contributed by atoms with Crippen LogP contribution in [0.4, 0.5) is 10.3 Å². The zero-order valence-corrected chi connectivity index (χ0v) is 22.4. The van der Waals surface area contributed by atoms with E-state index in [0.717, 1.165) is 18.1 Å². The summed E-state index contributed by atoms with van der Waals surface area (Å²) >= 11 is 0. The summed E-state index contributed by atoms with van der Waals surface area (Å²) in [7, 11) is -1.08. The van der Waals surface area contributed by atoms with Crippen LogP contribution < -0.4 is 14.2 Å². The fraction of sp³-hybridized carbons (Fsp3) is 0.320. The first-order valence-electron chi connectivity index (χ1n) is 11.8. The van der Waals surface area contributed by atoms with Crippen LogP contribution in [0.3, 0.4) is 0 Å². The number of nitrogens with one attached hydrogen (secondary N) is 1. The van der Waals surface area contributed by atoms with E-state index in [9.17, 15) is 12.8 Å². The molecule has 1 N–H and O–H groups in total. The van der Waals surface area contributed by atoms with Crippen molar-refractivity contribution in [3.63, 3.8) is 0 Å². The van der Waals surface area contributed by atoms with Crippen LogP contribution in [0.2, 0.25) is 0 Å². The lowest BCUT2D eigenvalue weighted by Gasteiger charge is -2.21. The molecule has 13 heteroatoms. The highest BCUT2D eigenvalue weighted by molar-refractivity contribution is 7.93. The average Bonchev–Trinajstić information content (AvgIpc) is 3.34. The van der Waals surface area contributed by atoms with Crippen molar-refractivity contribution in [2.45, 2.75) is 38.4 Å². The lowest BCUT2D eigenvalue weighted by atomic mass is 10.1. The number of para-hydroxylation sites is 1. The third kappa shape index (κ3) is 5.28. The number of ether oxygens (including phenoxy) is 2. The van der Waals surface area contributed by atoms with Gasteiger partial charge in [0.1, 0.15) is 28.7 Å². The lowest BCUT2D eigenvalue weighted by molar-refractivity contribution is 0.391. The van der Waals surface area contributed by atoms with Gasteiger partial charge in [-0.2, -0.15) is 0 Å². The first-order valence-corrected chi connectivity index (χ1v) is 13.4. The molecule has 0 saturated carbocycles. The molecule has 2 atom stereocenters. The molecule has 1 aromatic carbocycles. The summed E-state index contributed by atoms with van der Waals surface area (Å²) in [5, 5.41) is 7.46. The average molecular weight is 542 g/mol. The van der Waals surface area contributed by atoms with Crippen LogP contribution in [0.15, 0.2) is 48.8 Å². The minimum absolute atomic E-state index is 0.0921. The molecular weight excluding hydrogens is 513 g/mol. The Labute approximate surface area is 220 Å². The molecule has 4 aromatic rings. The molecule has 0 aliphatic heterocycles. The van der Waals surface area contributed by atoms with Gasteiger partial charge in [0.2, 0.25) is 16.0 Å². The van der Waals surface area contributed by atoms with Gasteiger partial charge in [-0.3, -0.25) is 9.29 Å². The molecule has 11 nitrogen and oxygen atoms in total. The molecule has 4 rings (SSSR count). The number of hydrogen-bond donors (Lipinski definition) is 1. The largest absolute Gasteiger partial charge is 0.494 e. The number of pyridine rings is 1. The summed E-state index contributed by atoms with van der Waals surface area (Å²) in [6.07, 6.45) is 2.69. The summed E-state index contributed by atoms with van der Waals surface area (Å²) in [6, 6.07) is 10.7. The normalized spacial score (nSPS) is 13.1. The summed E-state index contributed by atoms with van der Waals surface area (Å²) in [6.45, 7) is 5.14. The van der Waals surface area contributed by atoms with E-state index < -0.39 is 27.0 Å². The van der Waals surface area contributed by atoms with Crippen LogP contribution in [-0.4, -0.2) is 57.6 Å². The monoisotopic (exact) mass is 541 g/mol. The van der Waals surface area contributed by atoms with E-state index >= 15 is 0 Å². The Bertz CT molecular complexity index is 1500. The number of hydrogen-bond acceptors (Lipinski definition) is 9. The molecule has 200 valence electrons. The Morgan fingerprint density at radius 1 is 1.00 bits per heavy atom. The van der Waals surface area contributed by atoms with Gasteiger partial charge >= 0.3 is 0 Å². The van der Waals surface area contributed by atoms with E-state index in [1.807, 2.05) is 19.1 Å². The molecule has 38 heavy (non-hydrogen) atoms. The molecule has 0 radical (unpaired) electrons. The quantitative estimate of drug-likeness (QED) is 0.318. The van der Waals surface area contributed by atoms with Gasteiger partial charge in [-0.1, -0.05) is 26.0 Å². The Kier molecular flexibility index (Phi) is 7.86. The Morgan fingerprint density at radius 3 is 2.24 bits per heavy atom. The summed E-state index contributed by atoms with van der Waals surface area (Å²) < 4.78 is 55.6. The molecule has 0 unspecified atom stereocenters. The fourth-order valence-corrected chi connectivity index (χ4v) is 5.07. The predicted octanol–water partition coefficient (Wildman–Crippen LogP) is 3.77. The minimum atomic E-state index is -4.07. The summed E-state index contributed by atoms with van der Waals surface area (Å²) in [5.41, 5.74) is 1.70. The maximum absolute atomic E-state index is 13.5. The van der Waals surface area contributed by atoms with Gasteiger partial charge in [-0.25, -0.2) is 27.8 Å². The molecule has 0 saturated heterocycles. The van der Waals surface area contributed by atoms with Crippen LogP contribution in [-0.2, 0) is 16.4 Å². The number of methoxy groups -OCH3 is 2. The van der Waals surface area contributed by atoms with Crippen molar-refractivity contribution in [3.05, 3.63) is 66.1 Å². The molecule has 0 aliphatic carbocycles. The number of nitrogens with zero attached hydrogens (tertiary/aromatic N) is 6. The molecular formula is C25H28FN7O4S. The van der Waals surface area contributed by atoms with Crippen LogP contribution in [0.1, 0.15) is 38.2 Å². The van der Waals surface area contributed by atoms with Gasteiger partial charge in [0, 0.05) is 11.6 Å². The van der Waals surface area contributed by atoms with Crippen molar-refractivity contribution in [2.75, 3.05) is 18.9 Å². The Morgan fingerprint density at radius 2 is 1.63 bits per heavy atom. The molecule has 3 aromatic heterocycles. The highest BCUT2D eigenvalue weighted by atomic mass is 32.2. The van der Waals surface area contributed by atoms with Crippen LogP contribution in [0.25, 0.3) is 17.2 Å². The van der Waals surface area contributed by atoms with E-state index in [-0.39, 0.29) is 17.6 Å². The molecule has 0 aliphatic rings. The highest BCUT2D eigenvalue weighted by Gasteiger charge is 2.32. The van der Waals surface area contributed by atoms with Crippen LogP contribution in [0, 0.1) is 5.82 Å². The van der Waals surface area contributed by atoms with E-state index in [4.69, 9.17) is 9.47 Å². The van der Waals surface area contributed by atoms with E-state index in [0.29, 0.717) is 29.3 Å². The Hall–Kier alpha value is -4.13. The lowest BCUT2D eigenvalue weighted by Crippen LogP contribution is -2.31. The third-order valence-corrected chi connectivity index (χ3v) is 8.02. The first kappa shape index (κ1) is 26.9. The van der Waals surface area contributed by atoms with Gasteiger partial charge in [-0.05, 0) is 37.6 Å². The highest BCUT2D eigenvalue weighted by Crippen LogP contribution is 2.37. The second kappa shape index (κ2) is 11.1. The molecule has 0 bridgehead atoms. The molecule has 0 amide bonds. The number of sulfonamides is 1. The third-order valence-electron chi connectivity index (χ3n) is 6.16. The SMILES string of the molecule is CCc1cccc(-c2nnc(NS(=O)(=O)[C@@H](C)[C@H](C)c3ncc(F)cn3)n2-c2c(OC)cccc2OC)n1. The zero-order chi connectivity index (χ0) is 27.4. The maximum atomic E-state index is 13.5. The van der Waals surface area contributed by atoms with Gasteiger partial charge in [-0.15, -0.1) is 10.2 Å². The molecule has 0 fully saturated rings. The topological polar surface area (TPSA) is 134 Å². The van der Waals surface area contributed by atoms with Crippen molar-refractivity contribution in [2.24, 2.45) is 0 Å². The van der Waals surface area contributed by atoms with Crippen molar-refractivity contribution < 1.29 is 22.3 Å².